The average Bonchev–Trinajstić information content (AvgIpc) is 2.72. The summed E-state index contributed by atoms with van der Waals surface area (Å²) in [5.41, 5.74) is 1.46. The van der Waals surface area contributed by atoms with Crippen molar-refractivity contribution in [3.05, 3.63) is 34.9 Å². The van der Waals surface area contributed by atoms with E-state index in [1.54, 1.807) is 0 Å². The van der Waals surface area contributed by atoms with Crippen LogP contribution in [-0.2, 0) is 11.3 Å². The lowest BCUT2D eigenvalue weighted by molar-refractivity contribution is -0.00535. The van der Waals surface area contributed by atoms with Crippen molar-refractivity contribution < 1.29 is 4.74 Å². The molecule has 0 atom stereocenters. The average molecular weight is 408 g/mol. The number of likely N-dealkylation sites (N-methyl/N-ethyl adjacent to an activating group) is 1. The number of hydrogen-bond acceptors (Lipinski definition) is 4. The highest BCUT2D eigenvalue weighted by atomic mass is 35.5. The zero-order chi connectivity index (χ0) is 20.0. The fourth-order valence-corrected chi connectivity index (χ4v) is 4.20. The fraction of sp³-hybridized carbons (Fsp3) is 0.667. The van der Waals surface area contributed by atoms with Gasteiger partial charge in [0, 0.05) is 70.1 Å². The first kappa shape index (κ1) is 21.4. The van der Waals surface area contributed by atoms with E-state index in [1.807, 2.05) is 19.2 Å². The van der Waals surface area contributed by atoms with Gasteiger partial charge in [-0.2, -0.15) is 0 Å². The van der Waals surface area contributed by atoms with Crippen LogP contribution < -0.4 is 5.32 Å². The number of benzene rings is 1. The van der Waals surface area contributed by atoms with Crippen LogP contribution in [0.5, 0.6) is 0 Å². The molecule has 7 heteroatoms. The number of nitrogens with one attached hydrogen (secondary N) is 1. The van der Waals surface area contributed by atoms with Crippen molar-refractivity contribution in [3.8, 4) is 0 Å². The molecule has 0 aliphatic carbocycles. The number of piperazine rings is 1. The van der Waals surface area contributed by atoms with Crippen molar-refractivity contribution >= 4 is 17.6 Å². The molecule has 2 saturated heterocycles. The Morgan fingerprint density at radius 3 is 2.36 bits per heavy atom. The first-order chi connectivity index (χ1) is 13.5. The molecule has 2 fully saturated rings. The lowest BCUT2D eigenvalue weighted by Gasteiger charge is -2.44. The van der Waals surface area contributed by atoms with Gasteiger partial charge in [0.25, 0.3) is 0 Å². The molecule has 6 nitrogen and oxygen atoms in total. The fourth-order valence-electron chi connectivity index (χ4n) is 4.08. The molecule has 0 unspecified atom stereocenters. The lowest BCUT2D eigenvalue weighted by Crippen LogP contribution is -2.59. The summed E-state index contributed by atoms with van der Waals surface area (Å²) in [6, 6.07) is 8.17. The van der Waals surface area contributed by atoms with Gasteiger partial charge in [0.1, 0.15) is 0 Å². The van der Waals surface area contributed by atoms with E-state index in [2.05, 4.69) is 51.2 Å². The van der Waals surface area contributed by atoms with Crippen molar-refractivity contribution in [3.63, 3.8) is 0 Å². The number of ether oxygens (including phenoxy) is 1. The first-order valence-electron chi connectivity index (χ1n) is 10.2. The highest BCUT2D eigenvalue weighted by molar-refractivity contribution is 6.30. The third kappa shape index (κ3) is 5.38. The van der Waals surface area contributed by atoms with Crippen molar-refractivity contribution in [2.24, 2.45) is 4.99 Å². The summed E-state index contributed by atoms with van der Waals surface area (Å²) in [6.45, 7) is 7.61. The topological polar surface area (TPSA) is 43.3 Å². The summed E-state index contributed by atoms with van der Waals surface area (Å²) in [7, 11) is 6.23. The number of aliphatic imine (C=N–C) groups is 1. The van der Waals surface area contributed by atoms with Gasteiger partial charge in [-0.15, -0.1) is 0 Å². The van der Waals surface area contributed by atoms with Crippen LogP contribution in [0.3, 0.4) is 0 Å². The second-order valence-electron chi connectivity index (χ2n) is 8.02. The Hall–Kier alpha value is -1.34. The lowest BCUT2D eigenvalue weighted by atomic mass is 9.88. The molecule has 156 valence electrons. The van der Waals surface area contributed by atoms with E-state index in [0.717, 1.165) is 76.3 Å². The van der Waals surface area contributed by atoms with Gasteiger partial charge in [0.2, 0.25) is 0 Å². The number of hydrogen-bond donors (Lipinski definition) is 1. The normalized spacial score (nSPS) is 21.2. The smallest absolute Gasteiger partial charge is 0.193 e. The SMILES string of the molecule is CN=C(NCC1(N(C)C)CCOCC1)N1CCN(Cc2ccc(Cl)cc2)CC1. The second kappa shape index (κ2) is 9.92. The molecule has 2 aliphatic rings. The van der Waals surface area contributed by atoms with Gasteiger partial charge in [0.15, 0.2) is 5.96 Å². The Morgan fingerprint density at radius 1 is 1.14 bits per heavy atom. The Balaban J connectivity index is 1.50. The molecule has 1 N–H and O–H groups in total. The van der Waals surface area contributed by atoms with Crippen LogP contribution in [0, 0.1) is 0 Å². The van der Waals surface area contributed by atoms with Crippen LogP contribution in [-0.4, -0.2) is 93.3 Å². The molecule has 1 aromatic rings. The maximum atomic E-state index is 5.99. The third-order valence-electron chi connectivity index (χ3n) is 6.15. The van der Waals surface area contributed by atoms with Crippen LogP contribution >= 0.6 is 11.6 Å². The molecule has 0 bridgehead atoms. The maximum absolute atomic E-state index is 5.99. The summed E-state index contributed by atoms with van der Waals surface area (Å²) in [4.78, 5) is 11.8. The zero-order valence-electron chi connectivity index (χ0n) is 17.5. The number of guanidine groups is 1. The Bertz CT molecular complexity index is 635. The molecule has 2 aliphatic heterocycles. The van der Waals surface area contributed by atoms with E-state index in [-0.39, 0.29) is 5.54 Å². The minimum Gasteiger partial charge on any atom is -0.381 e. The molecule has 0 spiro atoms. The minimum atomic E-state index is 0.143. The van der Waals surface area contributed by atoms with E-state index in [9.17, 15) is 0 Å². The largest absolute Gasteiger partial charge is 0.381 e. The highest BCUT2D eigenvalue weighted by Gasteiger charge is 2.35. The number of nitrogens with zero attached hydrogens (tertiary/aromatic N) is 4. The van der Waals surface area contributed by atoms with Crippen LogP contribution in [0.4, 0.5) is 0 Å². The Morgan fingerprint density at radius 2 is 1.79 bits per heavy atom. The maximum Gasteiger partial charge on any atom is 0.193 e. The van der Waals surface area contributed by atoms with E-state index in [0.29, 0.717) is 0 Å². The zero-order valence-corrected chi connectivity index (χ0v) is 18.2. The van der Waals surface area contributed by atoms with Crippen LogP contribution in [0.15, 0.2) is 29.3 Å². The minimum absolute atomic E-state index is 0.143. The number of rotatable bonds is 5. The Labute approximate surface area is 174 Å². The predicted octanol–water partition coefficient (Wildman–Crippen LogP) is 2.14. The number of halogens is 1. The monoisotopic (exact) mass is 407 g/mol. The van der Waals surface area contributed by atoms with Crippen LogP contribution in [0.1, 0.15) is 18.4 Å². The third-order valence-corrected chi connectivity index (χ3v) is 6.40. The predicted molar refractivity (Wildman–Crippen MR) is 116 cm³/mol. The summed E-state index contributed by atoms with van der Waals surface area (Å²) >= 11 is 5.99. The molecule has 0 saturated carbocycles. The first-order valence-corrected chi connectivity index (χ1v) is 10.6. The van der Waals surface area contributed by atoms with Gasteiger partial charge < -0.3 is 19.9 Å². The van der Waals surface area contributed by atoms with Crippen molar-refractivity contribution in [1.82, 2.24) is 20.0 Å². The van der Waals surface area contributed by atoms with Crippen molar-refractivity contribution in [2.75, 3.05) is 67.1 Å². The molecule has 0 radical (unpaired) electrons. The van der Waals surface area contributed by atoms with Gasteiger partial charge >= 0.3 is 0 Å². The van der Waals surface area contributed by atoms with Crippen LogP contribution in [0.25, 0.3) is 0 Å². The van der Waals surface area contributed by atoms with Crippen molar-refractivity contribution in [2.45, 2.75) is 24.9 Å². The highest BCUT2D eigenvalue weighted by Crippen LogP contribution is 2.25. The second-order valence-corrected chi connectivity index (χ2v) is 8.46. The van der Waals surface area contributed by atoms with Gasteiger partial charge in [0.05, 0.1) is 0 Å². The van der Waals surface area contributed by atoms with E-state index in [4.69, 9.17) is 16.3 Å². The summed E-state index contributed by atoms with van der Waals surface area (Å²) in [5, 5.41) is 4.44. The summed E-state index contributed by atoms with van der Waals surface area (Å²) in [5.74, 6) is 1.01. The van der Waals surface area contributed by atoms with Gasteiger partial charge in [-0.1, -0.05) is 23.7 Å². The summed E-state index contributed by atoms with van der Waals surface area (Å²) < 4.78 is 5.58. The molecule has 0 amide bonds. The van der Waals surface area contributed by atoms with E-state index in [1.165, 1.54) is 5.56 Å². The Kier molecular flexibility index (Phi) is 7.57. The quantitative estimate of drug-likeness (QED) is 0.598. The van der Waals surface area contributed by atoms with Gasteiger partial charge in [-0.3, -0.25) is 9.89 Å². The molecular weight excluding hydrogens is 374 g/mol. The molecule has 1 aromatic carbocycles. The molecule has 2 heterocycles. The van der Waals surface area contributed by atoms with Gasteiger partial charge in [-0.25, -0.2) is 0 Å². The molecule has 28 heavy (non-hydrogen) atoms. The molecular formula is C21H34ClN5O. The van der Waals surface area contributed by atoms with Crippen LogP contribution in [0.2, 0.25) is 5.02 Å². The van der Waals surface area contributed by atoms with Gasteiger partial charge in [-0.05, 0) is 44.6 Å². The molecule has 0 aromatic heterocycles. The molecule has 3 rings (SSSR count). The standard InChI is InChI=1S/C21H34ClN5O/c1-23-20(24-17-21(25(2)3)8-14-28-15-9-21)27-12-10-26(11-13-27)16-18-4-6-19(22)7-5-18/h4-7H,8-17H2,1-3H3,(H,23,24). The van der Waals surface area contributed by atoms with Crippen molar-refractivity contribution in [1.29, 1.82) is 0 Å². The summed E-state index contributed by atoms with van der Waals surface area (Å²) in [6.07, 6.45) is 2.11. The van der Waals surface area contributed by atoms with E-state index >= 15 is 0 Å². The van der Waals surface area contributed by atoms with E-state index < -0.39 is 0 Å².